The van der Waals surface area contributed by atoms with Crippen LogP contribution in [0.2, 0.25) is 0 Å². The van der Waals surface area contributed by atoms with Gasteiger partial charge in [-0.05, 0) is 48.2 Å². The molecular weight excluding hydrogens is 406 g/mol. The van der Waals surface area contributed by atoms with Crippen molar-refractivity contribution in [1.82, 2.24) is 4.31 Å². The number of benzene rings is 2. The van der Waals surface area contributed by atoms with E-state index in [0.717, 1.165) is 0 Å². The Kier molecular flexibility index (Phi) is 6.07. The van der Waals surface area contributed by atoms with E-state index in [2.05, 4.69) is 0 Å². The largest absolute Gasteiger partial charge is 0.502 e. The van der Waals surface area contributed by atoms with Crippen LogP contribution in [-0.2, 0) is 10.0 Å². The van der Waals surface area contributed by atoms with Crippen LogP contribution in [0.25, 0.3) is 6.08 Å². The molecule has 0 fully saturated rings. The maximum Gasteiger partial charge on any atom is 0.265 e. The first-order valence-electron chi connectivity index (χ1n) is 9.53. The molecule has 2 aromatic carbocycles. The minimum Gasteiger partial charge on any atom is -0.502 e. The van der Waals surface area contributed by atoms with Crippen molar-refractivity contribution in [1.29, 1.82) is 0 Å². The summed E-state index contributed by atoms with van der Waals surface area (Å²) in [5.74, 6) is 0.00687. The van der Waals surface area contributed by atoms with E-state index in [4.69, 9.17) is 9.47 Å². The first-order valence-corrected chi connectivity index (χ1v) is 11.0. The van der Waals surface area contributed by atoms with E-state index in [9.17, 15) is 18.3 Å². The monoisotopic (exact) mass is 431 g/mol. The van der Waals surface area contributed by atoms with Crippen molar-refractivity contribution in [2.75, 3.05) is 20.8 Å². The molecular formula is C22H25NO6S. The number of aromatic hydroxyl groups is 1. The highest BCUT2D eigenvalue weighted by molar-refractivity contribution is 7.89. The summed E-state index contributed by atoms with van der Waals surface area (Å²) in [4.78, 5) is 13.3. The molecule has 0 saturated heterocycles. The molecule has 1 aliphatic heterocycles. The van der Waals surface area contributed by atoms with E-state index in [1.165, 1.54) is 48.9 Å². The molecule has 7 nitrogen and oxygen atoms in total. The zero-order chi connectivity index (χ0) is 22.1. The van der Waals surface area contributed by atoms with Gasteiger partial charge in [0, 0.05) is 12.1 Å². The summed E-state index contributed by atoms with van der Waals surface area (Å²) >= 11 is 0. The molecule has 0 aromatic heterocycles. The molecule has 0 amide bonds. The van der Waals surface area contributed by atoms with E-state index >= 15 is 0 Å². The number of phenols is 1. The Labute approximate surface area is 176 Å². The highest BCUT2D eigenvalue weighted by Crippen LogP contribution is 2.39. The van der Waals surface area contributed by atoms with Gasteiger partial charge in [-0.2, -0.15) is 0 Å². The van der Waals surface area contributed by atoms with Crippen LogP contribution in [0.1, 0.15) is 36.2 Å². The molecule has 0 atom stereocenters. The lowest BCUT2D eigenvalue weighted by Gasteiger charge is -2.32. The SMILES string of the molecule is COc1cc(/C=C2\C(=O)c3ccccc3S(=O)(=O)N2CCC(C)C)cc(OC)c1O. The van der Waals surface area contributed by atoms with E-state index in [0.29, 0.717) is 12.0 Å². The third kappa shape index (κ3) is 3.87. The van der Waals surface area contributed by atoms with Gasteiger partial charge < -0.3 is 14.6 Å². The minimum absolute atomic E-state index is 0.0109. The number of sulfonamides is 1. The molecule has 3 rings (SSSR count). The van der Waals surface area contributed by atoms with E-state index in [1.807, 2.05) is 13.8 Å². The summed E-state index contributed by atoms with van der Waals surface area (Å²) in [6.07, 6.45) is 2.08. The number of carbonyl (C=O) groups is 1. The molecule has 0 spiro atoms. The number of hydrogen-bond acceptors (Lipinski definition) is 6. The van der Waals surface area contributed by atoms with Crippen LogP contribution in [0, 0.1) is 5.92 Å². The fraction of sp³-hybridized carbons (Fsp3) is 0.318. The van der Waals surface area contributed by atoms with Gasteiger partial charge in [-0.1, -0.05) is 26.0 Å². The molecule has 0 saturated carbocycles. The van der Waals surface area contributed by atoms with Crippen molar-refractivity contribution in [3.8, 4) is 17.2 Å². The van der Waals surface area contributed by atoms with E-state index < -0.39 is 10.0 Å². The lowest BCUT2D eigenvalue weighted by atomic mass is 10.0. The summed E-state index contributed by atoms with van der Waals surface area (Å²) < 4.78 is 38.1. The standard InChI is InChI=1S/C22H25NO6S/c1-14(2)9-10-23-17(11-15-12-18(28-3)22(25)19(13-15)29-4)21(24)16-7-5-6-8-20(16)30(23,26)27/h5-8,11-14,25H,9-10H2,1-4H3/b17-11+. The Morgan fingerprint density at radius 3 is 2.27 bits per heavy atom. The van der Waals surface area contributed by atoms with Crippen LogP contribution in [0.3, 0.4) is 0 Å². The van der Waals surface area contributed by atoms with Crippen LogP contribution in [-0.4, -0.2) is 44.4 Å². The van der Waals surface area contributed by atoms with Gasteiger partial charge in [0.25, 0.3) is 10.0 Å². The second-order valence-electron chi connectivity index (χ2n) is 7.39. The van der Waals surface area contributed by atoms with Crippen molar-refractivity contribution >= 4 is 21.9 Å². The fourth-order valence-electron chi connectivity index (χ4n) is 3.29. The van der Waals surface area contributed by atoms with Crippen LogP contribution < -0.4 is 9.47 Å². The van der Waals surface area contributed by atoms with Crippen LogP contribution in [0.5, 0.6) is 17.2 Å². The minimum atomic E-state index is -3.89. The third-order valence-electron chi connectivity index (χ3n) is 4.92. The molecule has 2 aromatic rings. The van der Waals surface area contributed by atoms with Gasteiger partial charge >= 0.3 is 0 Å². The smallest absolute Gasteiger partial charge is 0.265 e. The maximum absolute atomic E-state index is 13.3. The Bertz CT molecular complexity index is 1080. The number of methoxy groups -OCH3 is 2. The number of carbonyl (C=O) groups excluding carboxylic acids is 1. The van der Waals surface area contributed by atoms with Gasteiger partial charge in [-0.15, -0.1) is 0 Å². The topological polar surface area (TPSA) is 93.1 Å². The summed E-state index contributed by atoms with van der Waals surface area (Å²) in [5, 5.41) is 10.1. The fourth-order valence-corrected chi connectivity index (χ4v) is 4.95. The van der Waals surface area contributed by atoms with E-state index in [-0.39, 0.29) is 51.7 Å². The average Bonchev–Trinajstić information content (AvgIpc) is 2.72. The molecule has 0 aliphatic carbocycles. The highest BCUT2D eigenvalue weighted by atomic mass is 32.2. The van der Waals surface area contributed by atoms with Crippen molar-refractivity contribution in [3.05, 3.63) is 53.2 Å². The third-order valence-corrected chi connectivity index (χ3v) is 6.79. The van der Waals surface area contributed by atoms with E-state index in [1.54, 1.807) is 12.1 Å². The molecule has 8 heteroatoms. The van der Waals surface area contributed by atoms with Crippen molar-refractivity contribution in [3.63, 3.8) is 0 Å². The summed E-state index contributed by atoms with van der Waals surface area (Å²) in [5.41, 5.74) is 0.653. The molecule has 1 N–H and O–H groups in total. The number of ether oxygens (including phenoxy) is 2. The Balaban J connectivity index is 2.21. The number of Topliss-reactive ketones (excluding diaryl/α,β-unsaturated/α-hetero) is 1. The first kappa shape index (κ1) is 21.7. The number of fused-ring (bicyclic) bond motifs is 1. The number of phenolic OH excluding ortho intramolecular Hbond substituents is 1. The first-order chi connectivity index (χ1) is 14.2. The summed E-state index contributed by atoms with van der Waals surface area (Å²) in [6, 6.07) is 9.25. The lowest BCUT2D eigenvalue weighted by molar-refractivity contribution is 0.100. The Morgan fingerprint density at radius 2 is 1.70 bits per heavy atom. The maximum atomic E-state index is 13.3. The number of rotatable bonds is 6. The molecule has 1 heterocycles. The van der Waals surface area contributed by atoms with Crippen molar-refractivity contribution < 1.29 is 27.8 Å². The predicted octanol–water partition coefficient (Wildman–Crippen LogP) is 3.68. The quantitative estimate of drug-likeness (QED) is 0.702. The second kappa shape index (κ2) is 8.39. The van der Waals surface area contributed by atoms with Crippen molar-refractivity contribution in [2.45, 2.75) is 25.2 Å². The van der Waals surface area contributed by atoms with Gasteiger partial charge in [-0.3, -0.25) is 9.10 Å². The second-order valence-corrected chi connectivity index (χ2v) is 9.22. The van der Waals surface area contributed by atoms with Gasteiger partial charge in [0.05, 0.1) is 19.1 Å². The van der Waals surface area contributed by atoms with Gasteiger partial charge in [-0.25, -0.2) is 8.42 Å². The molecule has 1 aliphatic rings. The van der Waals surface area contributed by atoms with Crippen LogP contribution in [0.15, 0.2) is 47.0 Å². The molecule has 30 heavy (non-hydrogen) atoms. The molecule has 0 unspecified atom stereocenters. The van der Waals surface area contributed by atoms with Crippen molar-refractivity contribution in [2.24, 2.45) is 5.92 Å². The number of nitrogens with zero attached hydrogens (tertiary/aromatic N) is 1. The summed E-state index contributed by atoms with van der Waals surface area (Å²) in [6.45, 7) is 4.16. The molecule has 0 radical (unpaired) electrons. The number of ketones is 1. The molecule has 160 valence electrons. The normalized spacial score (nSPS) is 16.6. The zero-order valence-electron chi connectivity index (χ0n) is 17.4. The summed E-state index contributed by atoms with van der Waals surface area (Å²) in [7, 11) is -1.10. The average molecular weight is 432 g/mol. The lowest BCUT2D eigenvalue weighted by Crippen LogP contribution is -2.39. The molecule has 0 bridgehead atoms. The zero-order valence-corrected chi connectivity index (χ0v) is 18.2. The van der Waals surface area contributed by atoms with Gasteiger partial charge in [0.1, 0.15) is 5.70 Å². The highest BCUT2D eigenvalue weighted by Gasteiger charge is 2.39. The Hall–Kier alpha value is -3.00. The van der Waals surface area contributed by atoms with Gasteiger partial charge in [0.15, 0.2) is 11.5 Å². The van der Waals surface area contributed by atoms with Crippen LogP contribution in [0.4, 0.5) is 0 Å². The van der Waals surface area contributed by atoms with Crippen LogP contribution >= 0.6 is 0 Å². The number of allylic oxidation sites excluding steroid dienone is 1. The predicted molar refractivity (Wildman–Crippen MR) is 113 cm³/mol. The van der Waals surface area contributed by atoms with Gasteiger partial charge in [0.2, 0.25) is 11.5 Å². The number of hydrogen-bond donors (Lipinski definition) is 1. The Morgan fingerprint density at radius 1 is 1.10 bits per heavy atom.